The van der Waals surface area contributed by atoms with Gasteiger partial charge in [-0.05, 0) is 34.1 Å². The number of carboxylic acids is 1. The predicted octanol–water partition coefficient (Wildman–Crippen LogP) is 2.29. The van der Waals surface area contributed by atoms with Crippen LogP contribution in [-0.2, 0) is 0 Å². The summed E-state index contributed by atoms with van der Waals surface area (Å²) in [6, 6.07) is 4.09. The molecule has 0 fully saturated rings. The Bertz CT molecular complexity index is 509. The molecule has 3 N–H and O–H groups in total. The molecule has 1 rings (SSSR count). The lowest BCUT2D eigenvalue weighted by Gasteiger charge is -2.08. The molecule has 0 saturated carbocycles. The van der Waals surface area contributed by atoms with Crippen LogP contribution in [0.15, 0.2) is 22.7 Å². The maximum absolute atomic E-state index is 11.4. The second-order valence-corrected chi connectivity index (χ2v) is 4.19. The summed E-state index contributed by atoms with van der Waals surface area (Å²) in [5.74, 6) is 1.32. The van der Waals surface area contributed by atoms with E-state index in [4.69, 9.17) is 11.5 Å². The SMILES string of the molecule is C#CCCNC(=O)Nc1ccc(Br)c(C(=O)O)c1. The highest BCUT2D eigenvalue weighted by molar-refractivity contribution is 9.10. The van der Waals surface area contributed by atoms with E-state index in [2.05, 4.69) is 32.5 Å². The van der Waals surface area contributed by atoms with Gasteiger partial charge in [-0.1, -0.05) is 0 Å². The zero-order valence-electron chi connectivity index (χ0n) is 9.37. The van der Waals surface area contributed by atoms with E-state index >= 15 is 0 Å². The molecule has 0 atom stereocenters. The maximum Gasteiger partial charge on any atom is 0.336 e. The Labute approximate surface area is 113 Å². The van der Waals surface area contributed by atoms with Gasteiger partial charge < -0.3 is 15.7 Å². The van der Waals surface area contributed by atoms with E-state index in [0.717, 1.165) is 0 Å². The van der Waals surface area contributed by atoms with Crippen molar-refractivity contribution in [3.05, 3.63) is 28.2 Å². The van der Waals surface area contributed by atoms with Gasteiger partial charge in [0.2, 0.25) is 0 Å². The molecule has 5 nitrogen and oxygen atoms in total. The summed E-state index contributed by atoms with van der Waals surface area (Å²) in [5.41, 5.74) is 0.477. The minimum absolute atomic E-state index is 0.0800. The van der Waals surface area contributed by atoms with Crippen LogP contribution >= 0.6 is 15.9 Å². The van der Waals surface area contributed by atoms with Gasteiger partial charge >= 0.3 is 12.0 Å². The number of rotatable bonds is 4. The average molecular weight is 311 g/mol. The number of halogens is 1. The Morgan fingerprint density at radius 3 is 2.78 bits per heavy atom. The summed E-state index contributed by atoms with van der Waals surface area (Å²) >= 11 is 3.12. The molecule has 0 heterocycles. The van der Waals surface area contributed by atoms with E-state index in [1.54, 1.807) is 12.1 Å². The van der Waals surface area contributed by atoms with E-state index in [1.807, 2.05) is 0 Å². The minimum atomic E-state index is -1.07. The summed E-state index contributed by atoms with van der Waals surface area (Å²) in [5, 5.41) is 14.0. The highest BCUT2D eigenvalue weighted by Crippen LogP contribution is 2.21. The highest BCUT2D eigenvalue weighted by atomic mass is 79.9. The Morgan fingerprint density at radius 2 is 2.17 bits per heavy atom. The first-order valence-corrected chi connectivity index (χ1v) is 5.85. The molecule has 1 aromatic rings. The van der Waals surface area contributed by atoms with E-state index in [1.165, 1.54) is 6.07 Å². The third-order valence-electron chi connectivity index (χ3n) is 2.01. The molecular weight excluding hydrogens is 300 g/mol. The first-order chi connectivity index (χ1) is 8.54. The van der Waals surface area contributed by atoms with Crippen molar-refractivity contribution < 1.29 is 14.7 Å². The summed E-state index contributed by atoms with van der Waals surface area (Å²) in [4.78, 5) is 22.3. The number of nitrogens with one attached hydrogen (secondary N) is 2. The quantitative estimate of drug-likeness (QED) is 0.590. The van der Waals surface area contributed by atoms with Gasteiger partial charge in [-0.25, -0.2) is 9.59 Å². The monoisotopic (exact) mass is 310 g/mol. The van der Waals surface area contributed by atoms with E-state index in [0.29, 0.717) is 23.1 Å². The Hall–Kier alpha value is -2.00. The van der Waals surface area contributed by atoms with Crippen LogP contribution in [0, 0.1) is 12.3 Å². The first kappa shape index (κ1) is 14.1. The summed E-state index contributed by atoms with van der Waals surface area (Å²) in [6.07, 6.45) is 5.48. The summed E-state index contributed by atoms with van der Waals surface area (Å²) < 4.78 is 0.452. The van der Waals surface area contributed by atoms with Crippen LogP contribution in [0.1, 0.15) is 16.8 Å². The third-order valence-corrected chi connectivity index (χ3v) is 2.70. The molecule has 0 aliphatic carbocycles. The van der Waals surface area contributed by atoms with Crippen molar-refractivity contribution in [1.29, 1.82) is 0 Å². The second-order valence-electron chi connectivity index (χ2n) is 3.33. The number of aromatic carboxylic acids is 1. The van der Waals surface area contributed by atoms with Crippen LogP contribution < -0.4 is 10.6 Å². The molecule has 0 aliphatic rings. The van der Waals surface area contributed by atoms with Gasteiger partial charge in [0, 0.05) is 23.1 Å². The third kappa shape index (κ3) is 4.11. The lowest BCUT2D eigenvalue weighted by atomic mass is 10.2. The van der Waals surface area contributed by atoms with Crippen molar-refractivity contribution in [2.24, 2.45) is 0 Å². The van der Waals surface area contributed by atoms with Crippen LogP contribution in [0.4, 0.5) is 10.5 Å². The molecule has 18 heavy (non-hydrogen) atoms. The van der Waals surface area contributed by atoms with E-state index < -0.39 is 12.0 Å². The molecule has 0 aromatic heterocycles. The zero-order valence-corrected chi connectivity index (χ0v) is 11.0. The largest absolute Gasteiger partial charge is 0.478 e. The Balaban J connectivity index is 2.68. The molecule has 0 aliphatic heterocycles. The van der Waals surface area contributed by atoms with Gasteiger partial charge in [0.1, 0.15) is 0 Å². The number of anilines is 1. The van der Waals surface area contributed by atoms with Gasteiger partial charge in [0.25, 0.3) is 0 Å². The zero-order chi connectivity index (χ0) is 13.5. The van der Waals surface area contributed by atoms with Gasteiger partial charge in [0.05, 0.1) is 5.56 Å². The average Bonchev–Trinajstić information content (AvgIpc) is 2.31. The molecule has 1 aromatic carbocycles. The molecule has 94 valence electrons. The van der Waals surface area contributed by atoms with E-state index in [9.17, 15) is 9.59 Å². The fraction of sp³-hybridized carbons (Fsp3) is 0.167. The molecular formula is C12H11BrN2O3. The number of hydrogen-bond donors (Lipinski definition) is 3. The minimum Gasteiger partial charge on any atom is -0.478 e. The number of carbonyl (C=O) groups is 2. The van der Waals surface area contributed by atoms with Crippen molar-refractivity contribution in [1.82, 2.24) is 5.32 Å². The lowest BCUT2D eigenvalue weighted by molar-refractivity contribution is 0.0696. The van der Waals surface area contributed by atoms with Crippen LogP contribution in [0.2, 0.25) is 0 Å². The maximum atomic E-state index is 11.4. The number of carboxylic acid groups (broad SMARTS) is 1. The highest BCUT2D eigenvalue weighted by Gasteiger charge is 2.10. The molecule has 0 spiro atoms. The van der Waals surface area contributed by atoms with Crippen molar-refractivity contribution in [2.45, 2.75) is 6.42 Å². The number of hydrogen-bond acceptors (Lipinski definition) is 2. The van der Waals surface area contributed by atoms with Crippen molar-refractivity contribution in [3.63, 3.8) is 0 Å². The Kier molecular flexibility index (Phi) is 5.21. The fourth-order valence-corrected chi connectivity index (χ4v) is 1.61. The predicted molar refractivity (Wildman–Crippen MR) is 71.6 cm³/mol. The summed E-state index contributed by atoms with van der Waals surface area (Å²) in [7, 11) is 0. The van der Waals surface area contributed by atoms with Gasteiger partial charge in [0.15, 0.2) is 0 Å². The number of benzene rings is 1. The number of carbonyl (C=O) groups excluding carboxylic acids is 1. The molecule has 0 saturated heterocycles. The standard InChI is InChI=1S/C12H11BrN2O3/c1-2-3-6-14-12(18)15-8-4-5-10(13)9(7-8)11(16)17/h1,4-5,7H,3,6H2,(H,16,17)(H2,14,15,18). The van der Waals surface area contributed by atoms with Gasteiger partial charge in [-0.3, -0.25) is 0 Å². The summed E-state index contributed by atoms with van der Waals surface area (Å²) in [6.45, 7) is 0.366. The van der Waals surface area contributed by atoms with Crippen LogP contribution in [0.5, 0.6) is 0 Å². The fourth-order valence-electron chi connectivity index (χ4n) is 1.19. The smallest absolute Gasteiger partial charge is 0.336 e. The molecule has 0 bridgehead atoms. The Morgan fingerprint density at radius 1 is 1.44 bits per heavy atom. The number of amides is 2. The van der Waals surface area contributed by atoms with Crippen LogP contribution in [0.25, 0.3) is 0 Å². The van der Waals surface area contributed by atoms with Crippen LogP contribution in [-0.4, -0.2) is 23.7 Å². The topological polar surface area (TPSA) is 78.4 Å². The lowest BCUT2D eigenvalue weighted by Crippen LogP contribution is -2.29. The first-order valence-electron chi connectivity index (χ1n) is 5.05. The van der Waals surface area contributed by atoms with Gasteiger partial charge in [-0.15, -0.1) is 12.3 Å². The molecule has 0 unspecified atom stereocenters. The normalized spacial score (nSPS) is 9.33. The van der Waals surface area contributed by atoms with Crippen molar-refractivity contribution >= 4 is 33.6 Å². The van der Waals surface area contributed by atoms with Gasteiger partial charge in [-0.2, -0.15) is 0 Å². The van der Waals surface area contributed by atoms with Crippen LogP contribution in [0.3, 0.4) is 0 Å². The van der Waals surface area contributed by atoms with Crippen molar-refractivity contribution in [2.75, 3.05) is 11.9 Å². The second kappa shape index (κ2) is 6.67. The molecule has 2 amide bonds. The number of urea groups is 1. The molecule has 6 heteroatoms. The number of terminal acetylenes is 1. The van der Waals surface area contributed by atoms with Crippen molar-refractivity contribution in [3.8, 4) is 12.3 Å². The van der Waals surface area contributed by atoms with E-state index in [-0.39, 0.29) is 5.56 Å². The molecule has 0 radical (unpaired) electrons.